The van der Waals surface area contributed by atoms with E-state index >= 15 is 0 Å². The molecule has 4 nitrogen and oxygen atoms in total. The Morgan fingerprint density at radius 1 is 1.77 bits per heavy atom. The minimum Gasteiger partial charge on any atom is -0.368 e. The molecule has 1 atom stereocenters. The molecule has 1 fully saturated rings. The second-order valence-electron chi connectivity index (χ2n) is 3.11. The molecule has 13 heavy (non-hydrogen) atoms. The third kappa shape index (κ3) is 2.99. The molecule has 1 rings (SSSR count). The summed E-state index contributed by atoms with van der Waals surface area (Å²) < 4.78 is 0. The molecule has 0 aromatic rings. The van der Waals surface area contributed by atoms with Crippen LogP contribution < -0.4 is 11.1 Å². The molecule has 0 radical (unpaired) electrons. The zero-order chi connectivity index (χ0) is 9.84. The number of nitrogens with zero attached hydrogens (tertiary/aromatic N) is 1. The van der Waals surface area contributed by atoms with Crippen molar-refractivity contribution in [2.24, 2.45) is 5.73 Å². The van der Waals surface area contributed by atoms with Gasteiger partial charge in [0.15, 0.2) is 0 Å². The Kier molecular flexibility index (Phi) is 3.71. The Morgan fingerprint density at radius 3 is 3.00 bits per heavy atom. The first-order valence-electron chi connectivity index (χ1n) is 4.18. The fourth-order valence-corrected chi connectivity index (χ4v) is 1.59. The first-order valence-corrected chi connectivity index (χ1v) is 4.56. The number of halogens is 1. The highest BCUT2D eigenvalue weighted by Gasteiger charge is 2.26. The van der Waals surface area contributed by atoms with Crippen molar-refractivity contribution in [3.05, 3.63) is 11.6 Å². The van der Waals surface area contributed by atoms with Crippen LogP contribution in [0.1, 0.15) is 0 Å². The fraction of sp³-hybridized carbons (Fsp3) is 0.625. The maximum Gasteiger partial charge on any atom is 0.236 e. The summed E-state index contributed by atoms with van der Waals surface area (Å²) in [5.41, 5.74) is 5.24. The van der Waals surface area contributed by atoms with Gasteiger partial charge in [-0.2, -0.15) is 0 Å². The van der Waals surface area contributed by atoms with Crippen molar-refractivity contribution in [2.75, 3.05) is 26.2 Å². The third-order valence-electron chi connectivity index (χ3n) is 2.06. The zero-order valence-electron chi connectivity index (χ0n) is 7.42. The predicted octanol–water partition coefficient (Wildman–Crippen LogP) is -0.502. The number of carbonyl (C=O) groups excluding carboxylic acids is 1. The highest BCUT2D eigenvalue weighted by atomic mass is 35.5. The molecule has 0 saturated carbocycles. The second-order valence-corrected chi connectivity index (χ2v) is 3.64. The molecular weight excluding hydrogens is 190 g/mol. The zero-order valence-corrected chi connectivity index (χ0v) is 8.18. The molecule has 1 aliphatic heterocycles. The van der Waals surface area contributed by atoms with Gasteiger partial charge < -0.3 is 11.1 Å². The molecule has 3 N–H and O–H groups in total. The van der Waals surface area contributed by atoms with Crippen LogP contribution in [0, 0.1) is 0 Å². The quantitative estimate of drug-likeness (QED) is 0.650. The van der Waals surface area contributed by atoms with Gasteiger partial charge in [-0.05, 0) is 0 Å². The van der Waals surface area contributed by atoms with Gasteiger partial charge in [-0.15, -0.1) is 0 Å². The first-order chi connectivity index (χ1) is 6.11. The van der Waals surface area contributed by atoms with Crippen LogP contribution in [0.5, 0.6) is 0 Å². The van der Waals surface area contributed by atoms with E-state index in [2.05, 4.69) is 11.9 Å². The van der Waals surface area contributed by atoms with Crippen LogP contribution in [0.25, 0.3) is 0 Å². The lowest BCUT2D eigenvalue weighted by atomic mass is 10.2. The van der Waals surface area contributed by atoms with E-state index in [1.165, 1.54) is 0 Å². The summed E-state index contributed by atoms with van der Waals surface area (Å²) >= 11 is 5.67. The van der Waals surface area contributed by atoms with Crippen molar-refractivity contribution in [1.29, 1.82) is 0 Å². The smallest absolute Gasteiger partial charge is 0.236 e. The van der Waals surface area contributed by atoms with Crippen LogP contribution in [-0.2, 0) is 4.79 Å². The molecule has 1 amide bonds. The van der Waals surface area contributed by atoms with E-state index in [4.69, 9.17) is 17.3 Å². The Bertz CT molecular complexity index is 219. The molecule has 1 unspecified atom stereocenters. The maximum atomic E-state index is 11.0. The highest BCUT2D eigenvalue weighted by molar-refractivity contribution is 6.29. The monoisotopic (exact) mass is 203 g/mol. The summed E-state index contributed by atoms with van der Waals surface area (Å²) in [5, 5.41) is 3.64. The van der Waals surface area contributed by atoms with Gasteiger partial charge in [0.2, 0.25) is 5.91 Å². The summed E-state index contributed by atoms with van der Waals surface area (Å²) in [6, 6.07) is -0.260. The molecular formula is C8H14ClN3O. The van der Waals surface area contributed by atoms with Crippen molar-refractivity contribution in [3.63, 3.8) is 0 Å². The van der Waals surface area contributed by atoms with E-state index in [9.17, 15) is 4.79 Å². The number of hydrogen-bond acceptors (Lipinski definition) is 3. The van der Waals surface area contributed by atoms with E-state index in [1.54, 1.807) is 0 Å². The van der Waals surface area contributed by atoms with E-state index in [0.29, 0.717) is 18.1 Å². The van der Waals surface area contributed by atoms with Gasteiger partial charge in [0, 0.05) is 31.2 Å². The first kappa shape index (κ1) is 10.5. The number of amides is 1. The molecule has 0 aliphatic carbocycles. The van der Waals surface area contributed by atoms with Crippen LogP contribution in [0.15, 0.2) is 11.6 Å². The van der Waals surface area contributed by atoms with Gasteiger partial charge >= 0.3 is 0 Å². The molecule has 1 heterocycles. The molecule has 0 aromatic carbocycles. The Labute approximate surface area is 82.7 Å². The van der Waals surface area contributed by atoms with Crippen molar-refractivity contribution in [1.82, 2.24) is 10.2 Å². The van der Waals surface area contributed by atoms with E-state index in [-0.39, 0.29) is 11.9 Å². The van der Waals surface area contributed by atoms with Gasteiger partial charge in [0.05, 0.1) is 0 Å². The third-order valence-corrected chi connectivity index (χ3v) is 2.18. The van der Waals surface area contributed by atoms with Crippen LogP contribution in [0.4, 0.5) is 0 Å². The lowest BCUT2D eigenvalue weighted by Crippen LogP contribution is -2.57. The molecule has 5 heteroatoms. The van der Waals surface area contributed by atoms with Crippen LogP contribution >= 0.6 is 11.6 Å². The number of rotatable bonds is 3. The predicted molar refractivity (Wildman–Crippen MR) is 52.4 cm³/mol. The number of carbonyl (C=O) groups is 1. The van der Waals surface area contributed by atoms with Crippen molar-refractivity contribution < 1.29 is 4.79 Å². The second kappa shape index (κ2) is 4.60. The molecule has 0 spiro atoms. The van der Waals surface area contributed by atoms with E-state index in [1.807, 2.05) is 4.90 Å². The SMILES string of the molecule is C=C(Cl)CN1CCNCC1C(N)=O. The van der Waals surface area contributed by atoms with Gasteiger partial charge in [0.1, 0.15) is 6.04 Å². The molecule has 1 aliphatic rings. The van der Waals surface area contributed by atoms with Gasteiger partial charge in [-0.3, -0.25) is 9.69 Å². The van der Waals surface area contributed by atoms with Crippen molar-refractivity contribution in [2.45, 2.75) is 6.04 Å². The van der Waals surface area contributed by atoms with Crippen LogP contribution in [-0.4, -0.2) is 43.0 Å². The van der Waals surface area contributed by atoms with E-state index in [0.717, 1.165) is 13.1 Å². The topological polar surface area (TPSA) is 58.4 Å². The highest BCUT2D eigenvalue weighted by Crippen LogP contribution is 2.07. The maximum absolute atomic E-state index is 11.0. The van der Waals surface area contributed by atoms with Crippen LogP contribution in [0.2, 0.25) is 0 Å². The standard InChI is InChI=1S/C8H14ClN3O/c1-6(9)5-12-3-2-11-4-7(12)8(10)13/h7,11H,1-5H2,(H2,10,13). The number of nitrogens with one attached hydrogen (secondary N) is 1. The van der Waals surface area contributed by atoms with Gasteiger partial charge in [0.25, 0.3) is 0 Å². The molecule has 0 bridgehead atoms. The lowest BCUT2D eigenvalue weighted by Gasteiger charge is -2.33. The number of primary amides is 1. The summed E-state index contributed by atoms with van der Waals surface area (Å²) in [4.78, 5) is 13.0. The normalized spacial score (nSPS) is 24.2. The summed E-state index contributed by atoms with van der Waals surface area (Å²) in [6.07, 6.45) is 0. The summed E-state index contributed by atoms with van der Waals surface area (Å²) in [7, 11) is 0. The van der Waals surface area contributed by atoms with Crippen molar-refractivity contribution >= 4 is 17.5 Å². The molecule has 74 valence electrons. The summed E-state index contributed by atoms with van der Waals surface area (Å²) in [6.45, 7) is 6.35. The van der Waals surface area contributed by atoms with Gasteiger partial charge in [-0.25, -0.2) is 0 Å². The lowest BCUT2D eigenvalue weighted by molar-refractivity contribution is -0.123. The summed E-state index contributed by atoms with van der Waals surface area (Å²) in [5.74, 6) is -0.315. The number of nitrogens with two attached hydrogens (primary N) is 1. The minimum atomic E-state index is -0.315. The Hall–Kier alpha value is -0.580. The Morgan fingerprint density at radius 2 is 2.46 bits per heavy atom. The number of piperazine rings is 1. The minimum absolute atomic E-state index is 0.260. The average Bonchev–Trinajstić information content (AvgIpc) is 2.03. The number of hydrogen-bond donors (Lipinski definition) is 2. The van der Waals surface area contributed by atoms with Crippen molar-refractivity contribution in [3.8, 4) is 0 Å². The van der Waals surface area contributed by atoms with Gasteiger partial charge in [-0.1, -0.05) is 18.2 Å². The molecule has 1 saturated heterocycles. The fourth-order valence-electron chi connectivity index (χ4n) is 1.44. The Balaban J connectivity index is 2.56. The average molecular weight is 204 g/mol. The molecule has 0 aromatic heterocycles. The largest absolute Gasteiger partial charge is 0.368 e. The van der Waals surface area contributed by atoms with Crippen LogP contribution in [0.3, 0.4) is 0 Å². The van der Waals surface area contributed by atoms with E-state index < -0.39 is 0 Å².